The normalized spacial score (nSPS) is 31.5. The van der Waals surface area contributed by atoms with Gasteiger partial charge in [0.15, 0.2) is 0 Å². The largest absolute Gasteiger partial charge is 0.393 e. The zero-order valence-electron chi connectivity index (χ0n) is 18.4. The fourth-order valence-corrected chi connectivity index (χ4v) is 6.07. The van der Waals surface area contributed by atoms with Crippen molar-refractivity contribution in [2.75, 3.05) is 13.1 Å². The fraction of sp³-hybridized carbons (Fsp3) is 0.708. The molecule has 2 aliphatic heterocycles. The highest BCUT2D eigenvalue weighted by Crippen LogP contribution is 2.42. The lowest BCUT2D eigenvalue weighted by atomic mass is 9.84. The number of carbonyl (C=O) groups is 2. The second-order valence-corrected chi connectivity index (χ2v) is 9.97. The van der Waals surface area contributed by atoms with E-state index in [4.69, 9.17) is 0 Å². The average Bonchev–Trinajstić information content (AvgIpc) is 3.51. The molecule has 5 rings (SSSR count). The number of rotatable bonds is 3. The second kappa shape index (κ2) is 7.76. The number of piperidine rings is 1. The smallest absolute Gasteiger partial charge is 0.263 e. The molecule has 31 heavy (non-hydrogen) atoms. The highest BCUT2D eigenvalue weighted by molar-refractivity contribution is 6.00. The molecule has 1 unspecified atom stereocenters. The third kappa shape index (κ3) is 3.41. The van der Waals surface area contributed by atoms with Crippen LogP contribution in [0.1, 0.15) is 86.2 Å². The highest BCUT2D eigenvalue weighted by Gasteiger charge is 2.55. The third-order valence-corrected chi connectivity index (χ3v) is 7.97. The molecule has 4 aliphatic rings. The van der Waals surface area contributed by atoms with Crippen molar-refractivity contribution in [1.82, 2.24) is 14.4 Å². The summed E-state index contributed by atoms with van der Waals surface area (Å²) in [6, 6.07) is 2.21. The molecule has 0 bridgehead atoms. The molecule has 1 aromatic rings. The van der Waals surface area contributed by atoms with E-state index in [-0.39, 0.29) is 35.1 Å². The van der Waals surface area contributed by atoms with Gasteiger partial charge in [0.25, 0.3) is 11.5 Å². The summed E-state index contributed by atoms with van der Waals surface area (Å²) in [6.07, 6.45) is 9.55. The quantitative estimate of drug-likeness (QED) is 0.803. The molecule has 2 aliphatic carbocycles. The first-order chi connectivity index (χ1) is 14.9. The minimum Gasteiger partial charge on any atom is -0.393 e. The molecule has 1 N–H and O–H groups in total. The minimum absolute atomic E-state index is 0.0114. The van der Waals surface area contributed by atoms with E-state index in [0.29, 0.717) is 43.8 Å². The van der Waals surface area contributed by atoms with Crippen molar-refractivity contribution in [1.29, 1.82) is 0 Å². The molecular weight excluding hydrogens is 394 g/mol. The van der Waals surface area contributed by atoms with E-state index < -0.39 is 5.54 Å². The Morgan fingerprint density at radius 1 is 1.00 bits per heavy atom. The zero-order chi connectivity index (χ0) is 21.8. The first kappa shape index (κ1) is 20.7. The number of pyridine rings is 1. The molecule has 7 nitrogen and oxygen atoms in total. The van der Waals surface area contributed by atoms with Crippen LogP contribution < -0.4 is 5.56 Å². The molecule has 2 saturated heterocycles. The maximum atomic E-state index is 13.8. The Balaban J connectivity index is 1.47. The van der Waals surface area contributed by atoms with Crippen molar-refractivity contribution < 1.29 is 14.7 Å². The zero-order valence-corrected chi connectivity index (χ0v) is 18.4. The maximum absolute atomic E-state index is 13.8. The number of aliphatic hydroxyl groups excluding tert-OH is 1. The Bertz CT molecular complexity index is 945. The van der Waals surface area contributed by atoms with Crippen LogP contribution in [0.4, 0.5) is 0 Å². The number of nitrogens with zero attached hydrogens (tertiary/aromatic N) is 3. The monoisotopic (exact) mass is 427 g/mol. The van der Waals surface area contributed by atoms with Gasteiger partial charge < -0.3 is 19.5 Å². The summed E-state index contributed by atoms with van der Waals surface area (Å²) in [5, 5.41) is 9.82. The maximum Gasteiger partial charge on any atom is 0.263 e. The molecular formula is C24H33N3O4. The fourth-order valence-electron chi connectivity index (χ4n) is 6.07. The van der Waals surface area contributed by atoms with Crippen LogP contribution in [0.25, 0.3) is 0 Å². The highest BCUT2D eigenvalue weighted by atomic mass is 16.3. The molecule has 0 aromatic carbocycles. The summed E-state index contributed by atoms with van der Waals surface area (Å²) in [5.74, 6) is -0.182. The topological polar surface area (TPSA) is 82.8 Å². The van der Waals surface area contributed by atoms with Crippen LogP contribution in [-0.2, 0) is 4.79 Å². The van der Waals surface area contributed by atoms with Gasteiger partial charge in [-0.05, 0) is 82.8 Å². The summed E-state index contributed by atoms with van der Waals surface area (Å²) >= 11 is 0. The molecule has 7 heteroatoms. The average molecular weight is 428 g/mol. The first-order valence-electron chi connectivity index (χ1n) is 12.0. The van der Waals surface area contributed by atoms with E-state index in [0.717, 1.165) is 45.1 Å². The van der Waals surface area contributed by atoms with Gasteiger partial charge in [0.2, 0.25) is 5.91 Å². The first-order valence-corrected chi connectivity index (χ1v) is 12.0. The Morgan fingerprint density at radius 2 is 1.65 bits per heavy atom. The van der Waals surface area contributed by atoms with Crippen molar-refractivity contribution in [2.45, 2.75) is 94.9 Å². The van der Waals surface area contributed by atoms with Gasteiger partial charge in [-0.3, -0.25) is 14.4 Å². The third-order valence-electron chi connectivity index (χ3n) is 7.97. The Hall–Kier alpha value is -2.15. The van der Waals surface area contributed by atoms with Crippen LogP contribution in [0.5, 0.6) is 0 Å². The van der Waals surface area contributed by atoms with E-state index >= 15 is 0 Å². The van der Waals surface area contributed by atoms with Crippen molar-refractivity contribution in [2.24, 2.45) is 0 Å². The van der Waals surface area contributed by atoms with Crippen LogP contribution in [-0.4, -0.2) is 62.1 Å². The van der Waals surface area contributed by atoms with Crippen LogP contribution in [0.3, 0.4) is 0 Å². The number of amides is 2. The second-order valence-electron chi connectivity index (χ2n) is 9.97. The molecule has 168 valence electrons. The summed E-state index contributed by atoms with van der Waals surface area (Å²) in [7, 11) is 0. The molecule has 3 heterocycles. The SMILES string of the molecule is Cc1ccn(C2CCC(O)CC2)c(=O)c1C(=O)N1CCCC12CCCN(C1CC1)C2=O. The van der Waals surface area contributed by atoms with Crippen LogP contribution >= 0.6 is 0 Å². The Kier molecular flexibility index (Phi) is 5.19. The van der Waals surface area contributed by atoms with Gasteiger partial charge in [-0.15, -0.1) is 0 Å². The molecule has 4 fully saturated rings. The van der Waals surface area contributed by atoms with E-state index in [1.54, 1.807) is 15.7 Å². The number of aliphatic hydroxyl groups is 1. The van der Waals surface area contributed by atoms with Gasteiger partial charge >= 0.3 is 0 Å². The number of hydrogen-bond acceptors (Lipinski definition) is 4. The lowest BCUT2D eigenvalue weighted by molar-refractivity contribution is -0.146. The number of likely N-dealkylation sites (tertiary alicyclic amines) is 2. The lowest BCUT2D eigenvalue weighted by Crippen LogP contribution is -2.62. The predicted octanol–water partition coefficient (Wildman–Crippen LogP) is 2.39. The molecule has 1 atom stereocenters. The van der Waals surface area contributed by atoms with E-state index in [9.17, 15) is 19.5 Å². The lowest BCUT2D eigenvalue weighted by Gasteiger charge is -2.44. The Morgan fingerprint density at radius 3 is 2.32 bits per heavy atom. The summed E-state index contributed by atoms with van der Waals surface area (Å²) in [5.41, 5.74) is -0.139. The molecule has 0 radical (unpaired) electrons. The minimum atomic E-state index is -0.771. The van der Waals surface area contributed by atoms with Crippen LogP contribution in [0.15, 0.2) is 17.1 Å². The summed E-state index contributed by atoms with van der Waals surface area (Å²) in [4.78, 5) is 44.5. The van der Waals surface area contributed by atoms with Gasteiger partial charge in [0.05, 0.1) is 6.10 Å². The van der Waals surface area contributed by atoms with Gasteiger partial charge in [0.1, 0.15) is 11.1 Å². The van der Waals surface area contributed by atoms with E-state index in [2.05, 4.69) is 0 Å². The molecule has 1 spiro atoms. The Labute approximate surface area is 183 Å². The summed E-state index contributed by atoms with van der Waals surface area (Å²) in [6.45, 7) is 3.13. The molecule has 1 aromatic heterocycles. The number of hydrogen-bond donors (Lipinski definition) is 1. The van der Waals surface area contributed by atoms with Crippen LogP contribution in [0.2, 0.25) is 0 Å². The van der Waals surface area contributed by atoms with Crippen molar-refractivity contribution in [3.05, 3.63) is 33.7 Å². The van der Waals surface area contributed by atoms with Crippen molar-refractivity contribution in [3.8, 4) is 0 Å². The van der Waals surface area contributed by atoms with Crippen LogP contribution in [0, 0.1) is 6.92 Å². The van der Waals surface area contributed by atoms with E-state index in [1.165, 1.54) is 0 Å². The number of aromatic nitrogens is 1. The number of aryl methyl sites for hydroxylation is 1. The summed E-state index contributed by atoms with van der Waals surface area (Å²) < 4.78 is 1.69. The molecule has 2 saturated carbocycles. The van der Waals surface area contributed by atoms with Gasteiger partial charge in [-0.25, -0.2) is 0 Å². The van der Waals surface area contributed by atoms with Gasteiger partial charge in [-0.1, -0.05) is 0 Å². The predicted molar refractivity (Wildman–Crippen MR) is 116 cm³/mol. The van der Waals surface area contributed by atoms with E-state index in [1.807, 2.05) is 17.9 Å². The number of carbonyl (C=O) groups excluding carboxylic acids is 2. The van der Waals surface area contributed by atoms with Gasteiger partial charge in [-0.2, -0.15) is 0 Å². The van der Waals surface area contributed by atoms with Gasteiger partial charge in [0, 0.05) is 31.4 Å². The van der Waals surface area contributed by atoms with Crippen molar-refractivity contribution >= 4 is 11.8 Å². The molecule has 2 amide bonds. The van der Waals surface area contributed by atoms with Crippen molar-refractivity contribution in [3.63, 3.8) is 0 Å². The standard InChI is InChI=1S/C24H33N3O4/c1-16-10-15-25(17-6-8-19(28)9-7-17)21(29)20(16)22(30)27-14-3-12-24(27)11-2-13-26(23(24)31)18-4-5-18/h10,15,17-19,28H,2-9,11-14H2,1H3.